The van der Waals surface area contributed by atoms with Gasteiger partial charge in [0.2, 0.25) is 0 Å². The van der Waals surface area contributed by atoms with E-state index in [2.05, 4.69) is 6.92 Å². The fourth-order valence-corrected chi connectivity index (χ4v) is 1.75. The zero-order valence-electron chi connectivity index (χ0n) is 8.06. The molecule has 1 unspecified atom stereocenters. The third-order valence-corrected chi connectivity index (χ3v) is 3.05. The zero-order chi connectivity index (χ0) is 10.6. The van der Waals surface area contributed by atoms with Crippen molar-refractivity contribution in [2.75, 3.05) is 5.88 Å². The Hall–Kier alpha value is -0.270. The number of halogens is 3. The molecule has 0 aliphatic rings. The van der Waals surface area contributed by atoms with Crippen LogP contribution in [-0.4, -0.2) is 5.88 Å². The number of rotatable bonds is 4. The van der Waals surface area contributed by atoms with E-state index in [4.69, 9.17) is 23.2 Å². The van der Waals surface area contributed by atoms with Gasteiger partial charge in [-0.2, -0.15) is 0 Å². The molecule has 0 aliphatic heterocycles. The van der Waals surface area contributed by atoms with Gasteiger partial charge >= 0.3 is 0 Å². The Labute approximate surface area is 94.0 Å². The van der Waals surface area contributed by atoms with Crippen molar-refractivity contribution in [3.63, 3.8) is 0 Å². The van der Waals surface area contributed by atoms with Gasteiger partial charge in [-0.1, -0.05) is 31.0 Å². The van der Waals surface area contributed by atoms with Crippen LogP contribution in [0.25, 0.3) is 0 Å². The van der Waals surface area contributed by atoms with Crippen molar-refractivity contribution in [3.8, 4) is 0 Å². The largest absolute Gasteiger partial charge is 0.205 e. The average Bonchev–Trinajstić information content (AvgIpc) is 2.19. The molecule has 0 heterocycles. The summed E-state index contributed by atoms with van der Waals surface area (Å²) in [6.07, 6.45) is 1.82. The van der Waals surface area contributed by atoms with Gasteiger partial charge in [-0.15, -0.1) is 11.6 Å². The molecule has 0 saturated carbocycles. The summed E-state index contributed by atoms with van der Waals surface area (Å²) in [5.41, 5.74) is 0.958. The molecule has 0 saturated heterocycles. The molecule has 0 spiro atoms. The summed E-state index contributed by atoms with van der Waals surface area (Å²) in [6, 6.07) is 4.92. The number of alkyl halides is 1. The Morgan fingerprint density at radius 3 is 2.64 bits per heavy atom. The van der Waals surface area contributed by atoms with Crippen molar-refractivity contribution in [2.24, 2.45) is 5.92 Å². The number of hydrogen-bond acceptors (Lipinski definition) is 0. The normalized spacial score (nSPS) is 12.9. The maximum atomic E-state index is 13.1. The van der Waals surface area contributed by atoms with Gasteiger partial charge in [-0.25, -0.2) is 4.39 Å². The summed E-state index contributed by atoms with van der Waals surface area (Å²) in [5.74, 6) is 0.673. The minimum atomic E-state index is -0.353. The summed E-state index contributed by atoms with van der Waals surface area (Å²) in [7, 11) is 0. The lowest BCUT2D eigenvalue weighted by Gasteiger charge is -2.10. The van der Waals surface area contributed by atoms with Gasteiger partial charge in [0, 0.05) is 5.88 Å². The van der Waals surface area contributed by atoms with Crippen LogP contribution in [-0.2, 0) is 6.42 Å². The van der Waals surface area contributed by atoms with Crippen molar-refractivity contribution in [2.45, 2.75) is 19.8 Å². The number of benzene rings is 1. The Morgan fingerprint density at radius 2 is 2.14 bits per heavy atom. The van der Waals surface area contributed by atoms with Crippen LogP contribution in [0.2, 0.25) is 5.02 Å². The van der Waals surface area contributed by atoms with Crippen molar-refractivity contribution in [1.29, 1.82) is 0 Å². The van der Waals surface area contributed by atoms with Crippen LogP contribution in [0, 0.1) is 11.7 Å². The van der Waals surface area contributed by atoms with Crippen LogP contribution < -0.4 is 0 Å². The summed E-state index contributed by atoms with van der Waals surface area (Å²) in [6.45, 7) is 2.08. The molecule has 0 fully saturated rings. The Balaban J connectivity index is 2.72. The summed E-state index contributed by atoms with van der Waals surface area (Å²) in [4.78, 5) is 0. The third-order valence-electron chi connectivity index (χ3n) is 2.30. The third kappa shape index (κ3) is 3.14. The van der Waals surface area contributed by atoms with Crippen LogP contribution in [0.5, 0.6) is 0 Å². The molecule has 14 heavy (non-hydrogen) atoms. The van der Waals surface area contributed by atoms with E-state index in [0.29, 0.717) is 11.8 Å². The van der Waals surface area contributed by atoms with E-state index in [1.165, 1.54) is 6.07 Å². The van der Waals surface area contributed by atoms with E-state index in [1.54, 1.807) is 6.07 Å². The molecule has 1 rings (SSSR count). The summed E-state index contributed by atoms with van der Waals surface area (Å²) < 4.78 is 13.1. The van der Waals surface area contributed by atoms with Crippen LogP contribution >= 0.6 is 23.2 Å². The van der Waals surface area contributed by atoms with Gasteiger partial charge in [-0.3, -0.25) is 0 Å². The quantitative estimate of drug-likeness (QED) is 0.683. The molecule has 1 aromatic carbocycles. The molecular weight excluding hydrogens is 222 g/mol. The van der Waals surface area contributed by atoms with Crippen LogP contribution in [0.4, 0.5) is 4.39 Å². The van der Waals surface area contributed by atoms with Gasteiger partial charge in [0.05, 0.1) is 5.02 Å². The van der Waals surface area contributed by atoms with Crippen LogP contribution in [0.1, 0.15) is 18.9 Å². The predicted octanol–water partition coefficient (Wildman–Crippen LogP) is 4.29. The topological polar surface area (TPSA) is 0 Å². The Kier molecular flexibility index (Phi) is 4.70. The molecule has 1 aromatic rings. The van der Waals surface area contributed by atoms with E-state index < -0.39 is 0 Å². The van der Waals surface area contributed by atoms with E-state index in [-0.39, 0.29) is 10.8 Å². The molecule has 1 atom stereocenters. The maximum absolute atomic E-state index is 13.1. The monoisotopic (exact) mass is 234 g/mol. The molecule has 0 radical (unpaired) electrons. The maximum Gasteiger partial charge on any atom is 0.142 e. The van der Waals surface area contributed by atoms with Gasteiger partial charge in [0.15, 0.2) is 0 Å². The van der Waals surface area contributed by atoms with Crippen molar-refractivity contribution in [1.82, 2.24) is 0 Å². The Bertz CT molecular complexity index is 295. The van der Waals surface area contributed by atoms with Crippen molar-refractivity contribution >= 4 is 23.2 Å². The number of hydrogen-bond donors (Lipinski definition) is 0. The second-order valence-electron chi connectivity index (χ2n) is 3.38. The van der Waals surface area contributed by atoms with E-state index >= 15 is 0 Å². The Morgan fingerprint density at radius 1 is 1.43 bits per heavy atom. The van der Waals surface area contributed by atoms with E-state index in [9.17, 15) is 4.39 Å². The van der Waals surface area contributed by atoms with Gasteiger partial charge < -0.3 is 0 Å². The molecule has 3 heteroatoms. The highest BCUT2D eigenvalue weighted by Gasteiger charge is 2.07. The van der Waals surface area contributed by atoms with E-state index in [1.807, 2.05) is 6.07 Å². The van der Waals surface area contributed by atoms with Crippen molar-refractivity contribution < 1.29 is 4.39 Å². The highest BCUT2D eigenvalue weighted by atomic mass is 35.5. The molecule has 0 N–H and O–H groups in total. The van der Waals surface area contributed by atoms with Gasteiger partial charge in [0.25, 0.3) is 0 Å². The fourth-order valence-electron chi connectivity index (χ4n) is 1.31. The second kappa shape index (κ2) is 5.57. The molecule has 0 aromatic heterocycles. The summed E-state index contributed by atoms with van der Waals surface area (Å²) in [5, 5.41) is 0.174. The van der Waals surface area contributed by atoms with Crippen molar-refractivity contribution in [3.05, 3.63) is 34.6 Å². The second-order valence-corrected chi connectivity index (χ2v) is 4.10. The minimum absolute atomic E-state index is 0.174. The molecule has 78 valence electrons. The smallest absolute Gasteiger partial charge is 0.142 e. The first-order valence-electron chi connectivity index (χ1n) is 4.67. The highest BCUT2D eigenvalue weighted by Crippen LogP contribution is 2.19. The van der Waals surface area contributed by atoms with Crippen LogP contribution in [0.3, 0.4) is 0 Å². The molecule has 0 amide bonds. The molecular formula is C11H13Cl2F. The lowest BCUT2D eigenvalue weighted by Crippen LogP contribution is -2.04. The summed E-state index contributed by atoms with van der Waals surface area (Å²) >= 11 is 11.4. The van der Waals surface area contributed by atoms with Gasteiger partial charge in [-0.05, 0) is 30.0 Å². The lowest BCUT2D eigenvalue weighted by atomic mass is 9.99. The average molecular weight is 235 g/mol. The first-order chi connectivity index (χ1) is 6.67. The fraction of sp³-hybridized carbons (Fsp3) is 0.455. The van der Waals surface area contributed by atoms with E-state index in [0.717, 1.165) is 18.4 Å². The van der Waals surface area contributed by atoms with Gasteiger partial charge in [0.1, 0.15) is 5.82 Å². The SMILES string of the molecule is CCC(CCl)Cc1ccc(Cl)c(F)c1. The highest BCUT2D eigenvalue weighted by molar-refractivity contribution is 6.30. The molecule has 0 bridgehead atoms. The zero-order valence-corrected chi connectivity index (χ0v) is 9.58. The first kappa shape index (κ1) is 11.8. The minimum Gasteiger partial charge on any atom is -0.205 e. The van der Waals surface area contributed by atoms with Crippen LogP contribution in [0.15, 0.2) is 18.2 Å². The molecule has 0 nitrogen and oxygen atoms in total. The first-order valence-corrected chi connectivity index (χ1v) is 5.58. The predicted molar refractivity (Wildman–Crippen MR) is 59.6 cm³/mol. The lowest BCUT2D eigenvalue weighted by molar-refractivity contribution is 0.561. The standard InChI is InChI=1S/C11H13Cl2F/c1-2-8(7-12)5-9-3-4-10(13)11(14)6-9/h3-4,6,8H,2,5,7H2,1H3. The molecule has 0 aliphatic carbocycles.